The maximum absolute atomic E-state index is 5.90. The van der Waals surface area contributed by atoms with Gasteiger partial charge >= 0.3 is 0 Å². The van der Waals surface area contributed by atoms with Crippen LogP contribution in [0.5, 0.6) is 0 Å². The fraction of sp³-hybridized carbons (Fsp3) is 0.300. The van der Waals surface area contributed by atoms with Crippen LogP contribution in [0.15, 0.2) is 18.6 Å². The monoisotopic (exact) mass is 203 g/mol. The number of hydrogen-bond acceptors (Lipinski definition) is 4. The maximum atomic E-state index is 5.90. The van der Waals surface area contributed by atoms with Gasteiger partial charge in [-0.2, -0.15) is 5.10 Å². The molecule has 0 radical (unpaired) electrons. The molecular formula is C10H13N5. The number of aromatic nitrogens is 4. The Hall–Kier alpha value is -1.91. The minimum absolute atomic E-state index is 0.693. The van der Waals surface area contributed by atoms with Crippen LogP contribution in [0.4, 0.5) is 5.82 Å². The lowest BCUT2D eigenvalue weighted by molar-refractivity contribution is 0.780. The Morgan fingerprint density at radius 3 is 2.80 bits per heavy atom. The van der Waals surface area contributed by atoms with E-state index in [1.165, 1.54) is 0 Å². The van der Waals surface area contributed by atoms with Crippen LogP contribution in [-0.4, -0.2) is 19.7 Å². The van der Waals surface area contributed by atoms with Gasteiger partial charge in [-0.1, -0.05) is 6.92 Å². The van der Waals surface area contributed by atoms with E-state index in [1.54, 1.807) is 23.3 Å². The summed E-state index contributed by atoms with van der Waals surface area (Å²) in [4.78, 5) is 8.24. The predicted molar refractivity (Wildman–Crippen MR) is 58.0 cm³/mol. The molecule has 2 N–H and O–H groups in total. The van der Waals surface area contributed by atoms with Crippen LogP contribution in [0.25, 0.3) is 11.4 Å². The lowest BCUT2D eigenvalue weighted by Gasteiger charge is -1.98. The summed E-state index contributed by atoms with van der Waals surface area (Å²) in [6.45, 7) is 2.05. The van der Waals surface area contributed by atoms with Gasteiger partial charge in [0.1, 0.15) is 17.2 Å². The molecule has 2 aromatic rings. The molecule has 0 aliphatic rings. The van der Waals surface area contributed by atoms with Gasteiger partial charge in [0.2, 0.25) is 0 Å². The van der Waals surface area contributed by atoms with E-state index in [-0.39, 0.29) is 0 Å². The highest BCUT2D eigenvalue weighted by Crippen LogP contribution is 2.24. The number of nitrogens with two attached hydrogens (primary N) is 1. The number of nitrogen functional groups attached to an aromatic ring is 1. The highest BCUT2D eigenvalue weighted by Gasteiger charge is 2.14. The first kappa shape index (κ1) is 9.64. The van der Waals surface area contributed by atoms with Crippen LogP contribution in [0.1, 0.15) is 12.5 Å². The first-order chi connectivity index (χ1) is 7.24. The van der Waals surface area contributed by atoms with Crippen molar-refractivity contribution in [2.24, 2.45) is 7.05 Å². The van der Waals surface area contributed by atoms with Gasteiger partial charge < -0.3 is 5.73 Å². The number of rotatable bonds is 2. The molecule has 0 unspecified atom stereocenters. The van der Waals surface area contributed by atoms with E-state index in [0.29, 0.717) is 5.82 Å². The molecule has 2 aromatic heterocycles. The topological polar surface area (TPSA) is 69.6 Å². The minimum atomic E-state index is 0.693. The lowest BCUT2D eigenvalue weighted by atomic mass is 10.1. The molecule has 5 nitrogen and oxygen atoms in total. The molecule has 78 valence electrons. The van der Waals surface area contributed by atoms with Crippen LogP contribution in [0.2, 0.25) is 0 Å². The Morgan fingerprint density at radius 1 is 1.40 bits per heavy atom. The molecule has 2 rings (SSSR count). The molecule has 0 fully saturated rings. The number of anilines is 1. The molecule has 0 bridgehead atoms. The summed E-state index contributed by atoms with van der Waals surface area (Å²) >= 11 is 0. The second-order valence-corrected chi connectivity index (χ2v) is 3.28. The molecule has 0 aromatic carbocycles. The second kappa shape index (κ2) is 3.68. The molecule has 0 aliphatic heterocycles. The molecule has 0 saturated carbocycles. The largest absolute Gasteiger partial charge is 0.384 e. The summed E-state index contributed by atoms with van der Waals surface area (Å²) in [6, 6.07) is 0. The quantitative estimate of drug-likeness (QED) is 0.791. The summed E-state index contributed by atoms with van der Waals surface area (Å²) in [5.74, 6) is 0.693. The summed E-state index contributed by atoms with van der Waals surface area (Å²) in [5.41, 5.74) is 8.52. The predicted octanol–water partition coefficient (Wildman–Crippen LogP) is 1.02. The molecule has 2 heterocycles. The van der Waals surface area contributed by atoms with Crippen LogP contribution in [0.3, 0.4) is 0 Å². The molecule has 0 saturated heterocycles. The van der Waals surface area contributed by atoms with Gasteiger partial charge in [0.25, 0.3) is 0 Å². The first-order valence-electron chi connectivity index (χ1n) is 4.81. The second-order valence-electron chi connectivity index (χ2n) is 3.28. The van der Waals surface area contributed by atoms with Gasteiger partial charge in [-0.05, 0) is 6.42 Å². The summed E-state index contributed by atoms with van der Waals surface area (Å²) < 4.78 is 1.67. The van der Waals surface area contributed by atoms with E-state index in [0.717, 1.165) is 23.4 Å². The first-order valence-corrected chi connectivity index (χ1v) is 4.81. The van der Waals surface area contributed by atoms with Crippen molar-refractivity contribution in [2.75, 3.05) is 5.73 Å². The van der Waals surface area contributed by atoms with Crippen molar-refractivity contribution >= 4 is 5.82 Å². The molecule has 15 heavy (non-hydrogen) atoms. The summed E-state index contributed by atoms with van der Waals surface area (Å²) in [5, 5.41) is 4.34. The van der Waals surface area contributed by atoms with Gasteiger partial charge in [0.05, 0.1) is 6.20 Å². The zero-order chi connectivity index (χ0) is 10.8. The van der Waals surface area contributed by atoms with Crippen molar-refractivity contribution in [3.8, 4) is 11.4 Å². The van der Waals surface area contributed by atoms with E-state index < -0.39 is 0 Å². The van der Waals surface area contributed by atoms with Crippen molar-refractivity contribution < 1.29 is 0 Å². The van der Waals surface area contributed by atoms with Gasteiger partial charge in [-0.15, -0.1) is 0 Å². The van der Waals surface area contributed by atoms with E-state index in [2.05, 4.69) is 15.1 Å². The van der Waals surface area contributed by atoms with Crippen LogP contribution in [0, 0.1) is 0 Å². The minimum Gasteiger partial charge on any atom is -0.384 e. The maximum Gasteiger partial charge on any atom is 0.125 e. The van der Waals surface area contributed by atoms with Crippen molar-refractivity contribution in [3.05, 3.63) is 24.2 Å². The fourth-order valence-corrected chi connectivity index (χ4v) is 1.56. The van der Waals surface area contributed by atoms with E-state index in [9.17, 15) is 0 Å². The Labute approximate surface area is 88.0 Å². The third-order valence-electron chi connectivity index (χ3n) is 2.35. The molecule has 0 amide bonds. The molecular weight excluding hydrogens is 190 g/mol. The van der Waals surface area contributed by atoms with Crippen molar-refractivity contribution in [1.29, 1.82) is 0 Å². The Morgan fingerprint density at radius 2 is 2.20 bits per heavy atom. The highest BCUT2D eigenvalue weighted by molar-refractivity contribution is 5.64. The average Bonchev–Trinajstić information content (AvgIpc) is 2.56. The van der Waals surface area contributed by atoms with Crippen molar-refractivity contribution in [1.82, 2.24) is 19.7 Å². The zero-order valence-corrected chi connectivity index (χ0v) is 8.81. The van der Waals surface area contributed by atoms with Gasteiger partial charge in [0.15, 0.2) is 0 Å². The van der Waals surface area contributed by atoms with Gasteiger partial charge in [0, 0.05) is 25.0 Å². The molecule has 5 heteroatoms. The summed E-state index contributed by atoms with van der Waals surface area (Å²) in [6.07, 6.45) is 5.83. The normalized spacial score (nSPS) is 10.5. The standard InChI is InChI=1S/C10H13N5/c1-3-7-9(14-15(2)10(7)11)8-6-12-4-5-13-8/h4-6H,3,11H2,1-2H3. The van der Waals surface area contributed by atoms with Crippen LogP contribution >= 0.6 is 0 Å². The Balaban J connectivity index is 2.58. The van der Waals surface area contributed by atoms with E-state index >= 15 is 0 Å². The zero-order valence-electron chi connectivity index (χ0n) is 8.81. The van der Waals surface area contributed by atoms with Crippen molar-refractivity contribution in [2.45, 2.75) is 13.3 Å². The molecule has 0 aliphatic carbocycles. The third-order valence-corrected chi connectivity index (χ3v) is 2.35. The molecule has 0 atom stereocenters. The molecule has 0 spiro atoms. The average molecular weight is 203 g/mol. The number of hydrogen-bond donors (Lipinski definition) is 1. The smallest absolute Gasteiger partial charge is 0.125 e. The Kier molecular flexibility index (Phi) is 2.37. The third kappa shape index (κ3) is 1.56. The summed E-state index contributed by atoms with van der Waals surface area (Å²) in [7, 11) is 1.83. The van der Waals surface area contributed by atoms with E-state index in [1.807, 2.05) is 14.0 Å². The number of nitrogens with zero attached hydrogens (tertiary/aromatic N) is 4. The van der Waals surface area contributed by atoms with Crippen molar-refractivity contribution in [3.63, 3.8) is 0 Å². The number of aryl methyl sites for hydroxylation is 1. The van der Waals surface area contributed by atoms with Crippen LogP contribution < -0.4 is 5.73 Å². The highest BCUT2D eigenvalue weighted by atomic mass is 15.3. The van der Waals surface area contributed by atoms with Crippen LogP contribution in [-0.2, 0) is 13.5 Å². The SMILES string of the molecule is CCc1c(-c2cnccn2)nn(C)c1N. The lowest BCUT2D eigenvalue weighted by Crippen LogP contribution is -1.98. The van der Waals surface area contributed by atoms with Gasteiger partial charge in [-0.25, -0.2) is 0 Å². The fourth-order valence-electron chi connectivity index (χ4n) is 1.56. The Bertz CT molecular complexity index is 460. The van der Waals surface area contributed by atoms with E-state index in [4.69, 9.17) is 5.73 Å². The van der Waals surface area contributed by atoms with Gasteiger partial charge in [-0.3, -0.25) is 14.6 Å².